The standard InChI is InChI=1S/C17H19NO3/c1-2-20-17(19)16(18)12-13-8-10-15(11-9-13)21-14-6-4-3-5-7-14/h3-11,16H,2,12,18H2,1H3. The number of carbonyl (C=O) groups excluding carboxylic acids is 1. The Morgan fingerprint density at radius 1 is 1.05 bits per heavy atom. The molecular formula is C17H19NO3. The van der Waals surface area contributed by atoms with Crippen LogP contribution in [0.15, 0.2) is 54.6 Å². The van der Waals surface area contributed by atoms with Gasteiger partial charge in [-0.05, 0) is 43.2 Å². The van der Waals surface area contributed by atoms with Crippen LogP contribution in [0.4, 0.5) is 0 Å². The number of rotatable bonds is 6. The molecular weight excluding hydrogens is 266 g/mol. The van der Waals surface area contributed by atoms with Gasteiger partial charge in [0, 0.05) is 0 Å². The van der Waals surface area contributed by atoms with Gasteiger partial charge < -0.3 is 15.2 Å². The summed E-state index contributed by atoms with van der Waals surface area (Å²) < 4.78 is 10.6. The van der Waals surface area contributed by atoms with Gasteiger partial charge in [0.25, 0.3) is 0 Å². The third-order valence-corrected chi connectivity index (χ3v) is 2.95. The van der Waals surface area contributed by atoms with Crippen LogP contribution in [0.2, 0.25) is 0 Å². The normalized spacial score (nSPS) is 11.7. The first-order valence-electron chi connectivity index (χ1n) is 6.93. The van der Waals surface area contributed by atoms with Gasteiger partial charge >= 0.3 is 5.97 Å². The Balaban J connectivity index is 1.94. The SMILES string of the molecule is CCOC(=O)C(N)Cc1ccc(Oc2ccccc2)cc1. The zero-order valence-electron chi connectivity index (χ0n) is 12.0. The third kappa shape index (κ3) is 4.61. The van der Waals surface area contributed by atoms with Gasteiger partial charge in [0.15, 0.2) is 0 Å². The Labute approximate surface area is 124 Å². The van der Waals surface area contributed by atoms with E-state index in [1.165, 1.54) is 0 Å². The lowest BCUT2D eigenvalue weighted by atomic mass is 10.1. The van der Waals surface area contributed by atoms with Crippen molar-refractivity contribution in [1.82, 2.24) is 0 Å². The van der Waals surface area contributed by atoms with Crippen LogP contribution in [0.25, 0.3) is 0 Å². The molecule has 0 amide bonds. The van der Waals surface area contributed by atoms with E-state index in [0.29, 0.717) is 13.0 Å². The van der Waals surface area contributed by atoms with Crippen molar-refractivity contribution in [3.05, 3.63) is 60.2 Å². The molecule has 0 radical (unpaired) electrons. The predicted octanol–water partition coefficient (Wildman–Crippen LogP) is 2.91. The molecule has 2 rings (SSSR count). The van der Waals surface area contributed by atoms with Crippen LogP contribution >= 0.6 is 0 Å². The Morgan fingerprint density at radius 2 is 1.67 bits per heavy atom. The van der Waals surface area contributed by atoms with Gasteiger partial charge in [-0.2, -0.15) is 0 Å². The van der Waals surface area contributed by atoms with E-state index in [1.807, 2.05) is 54.6 Å². The number of para-hydroxylation sites is 1. The number of hydrogen-bond donors (Lipinski definition) is 1. The quantitative estimate of drug-likeness (QED) is 0.829. The first-order valence-corrected chi connectivity index (χ1v) is 6.93. The number of hydrogen-bond acceptors (Lipinski definition) is 4. The van der Waals surface area contributed by atoms with E-state index in [-0.39, 0.29) is 5.97 Å². The Bertz CT molecular complexity index is 566. The summed E-state index contributed by atoms with van der Waals surface area (Å²) in [5, 5.41) is 0. The second-order valence-corrected chi connectivity index (χ2v) is 4.62. The van der Waals surface area contributed by atoms with Crippen LogP contribution in [0.5, 0.6) is 11.5 Å². The second-order valence-electron chi connectivity index (χ2n) is 4.62. The van der Waals surface area contributed by atoms with Crippen molar-refractivity contribution in [2.24, 2.45) is 5.73 Å². The molecule has 0 aromatic heterocycles. The number of carbonyl (C=O) groups is 1. The molecule has 0 heterocycles. The van der Waals surface area contributed by atoms with Crippen LogP contribution in [0.1, 0.15) is 12.5 Å². The van der Waals surface area contributed by atoms with Crippen molar-refractivity contribution in [2.45, 2.75) is 19.4 Å². The zero-order chi connectivity index (χ0) is 15.1. The summed E-state index contributed by atoms with van der Waals surface area (Å²) in [6.45, 7) is 2.11. The van der Waals surface area contributed by atoms with Crippen LogP contribution in [-0.2, 0) is 16.0 Å². The molecule has 0 saturated heterocycles. The zero-order valence-corrected chi connectivity index (χ0v) is 12.0. The molecule has 0 saturated carbocycles. The van der Waals surface area contributed by atoms with Crippen LogP contribution in [0.3, 0.4) is 0 Å². The van der Waals surface area contributed by atoms with Gasteiger partial charge in [-0.1, -0.05) is 30.3 Å². The third-order valence-electron chi connectivity index (χ3n) is 2.95. The molecule has 0 bridgehead atoms. The largest absolute Gasteiger partial charge is 0.465 e. The van der Waals surface area contributed by atoms with Gasteiger partial charge in [-0.15, -0.1) is 0 Å². The summed E-state index contributed by atoms with van der Waals surface area (Å²) in [6.07, 6.45) is 0.449. The molecule has 2 aromatic carbocycles. The Kier molecular flexibility index (Phi) is 5.35. The van der Waals surface area contributed by atoms with Crippen molar-refractivity contribution in [3.8, 4) is 11.5 Å². The highest BCUT2D eigenvalue weighted by Crippen LogP contribution is 2.21. The Hall–Kier alpha value is -2.33. The van der Waals surface area contributed by atoms with E-state index in [4.69, 9.17) is 15.2 Å². The number of nitrogens with two attached hydrogens (primary N) is 1. The van der Waals surface area contributed by atoms with Crippen molar-refractivity contribution in [1.29, 1.82) is 0 Å². The van der Waals surface area contributed by atoms with Crippen molar-refractivity contribution < 1.29 is 14.3 Å². The summed E-state index contributed by atoms with van der Waals surface area (Å²) in [7, 11) is 0. The first kappa shape index (κ1) is 15.1. The second kappa shape index (κ2) is 7.45. The summed E-state index contributed by atoms with van der Waals surface area (Å²) in [4.78, 5) is 11.5. The highest BCUT2D eigenvalue weighted by atomic mass is 16.5. The average molecular weight is 285 g/mol. The molecule has 0 fully saturated rings. The monoisotopic (exact) mass is 285 g/mol. The van der Waals surface area contributed by atoms with E-state index in [0.717, 1.165) is 17.1 Å². The van der Waals surface area contributed by atoms with E-state index in [2.05, 4.69) is 0 Å². The van der Waals surface area contributed by atoms with Gasteiger partial charge in [0.1, 0.15) is 17.5 Å². The maximum absolute atomic E-state index is 11.5. The Morgan fingerprint density at radius 3 is 2.29 bits per heavy atom. The molecule has 21 heavy (non-hydrogen) atoms. The van der Waals surface area contributed by atoms with Crippen LogP contribution in [-0.4, -0.2) is 18.6 Å². The van der Waals surface area contributed by atoms with Crippen molar-refractivity contribution in [2.75, 3.05) is 6.61 Å². The van der Waals surface area contributed by atoms with E-state index >= 15 is 0 Å². The molecule has 0 aliphatic rings. The molecule has 4 heteroatoms. The maximum atomic E-state index is 11.5. The molecule has 2 N–H and O–H groups in total. The van der Waals surface area contributed by atoms with Gasteiger partial charge in [-0.3, -0.25) is 4.79 Å². The van der Waals surface area contributed by atoms with Gasteiger partial charge in [0.05, 0.1) is 6.61 Å². The molecule has 110 valence electrons. The molecule has 0 aliphatic carbocycles. The smallest absolute Gasteiger partial charge is 0.323 e. The molecule has 0 aliphatic heterocycles. The lowest BCUT2D eigenvalue weighted by molar-refractivity contribution is -0.144. The fourth-order valence-corrected chi connectivity index (χ4v) is 1.90. The summed E-state index contributed by atoms with van der Waals surface area (Å²) >= 11 is 0. The summed E-state index contributed by atoms with van der Waals surface area (Å²) in [5.74, 6) is 1.16. The molecule has 1 unspecified atom stereocenters. The highest BCUT2D eigenvalue weighted by Gasteiger charge is 2.14. The number of benzene rings is 2. The van der Waals surface area contributed by atoms with Crippen LogP contribution in [0, 0.1) is 0 Å². The minimum absolute atomic E-state index is 0.344. The van der Waals surface area contributed by atoms with E-state index in [9.17, 15) is 4.79 Å². The fraction of sp³-hybridized carbons (Fsp3) is 0.235. The van der Waals surface area contributed by atoms with Crippen molar-refractivity contribution >= 4 is 5.97 Å². The van der Waals surface area contributed by atoms with Crippen molar-refractivity contribution in [3.63, 3.8) is 0 Å². The number of esters is 1. The van der Waals surface area contributed by atoms with Gasteiger partial charge in [0.2, 0.25) is 0 Å². The summed E-state index contributed by atoms with van der Waals surface area (Å²) in [6, 6.07) is 16.5. The van der Waals surface area contributed by atoms with Gasteiger partial charge in [-0.25, -0.2) is 0 Å². The summed E-state index contributed by atoms with van der Waals surface area (Å²) in [5.41, 5.74) is 6.76. The lowest BCUT2D eigenvalue weighted by Gasteiger charge is -2.11. The highest BCUT2D eigenvalue weighted by molar-refractivity contribution is 5.75. The molecule has 2 aromatic rings. The topological polar surface area (TPSA) is 61.5 Å². The fourth-order valence-electron chi connectivity index (χ4n) is 1.90. The first-order chi connectivity index (χ1) is 10.2. The average Bonchev–Trinajstić information content (AvgIpc) is 2.50. The number of ether oxygens (including phenoxy) is 2. The van der Waals surface area contributed by atoms with Crippen LogP contribution < -0.4 is 10.5 Å². The minimum Gasteiger partial charge on any atom is -0.465 e. The molecule has 1 atom stereocenters. The van der Waals surface area contributed by atoms with E-state index < -0.39 is 6.04 Å². The lowest BCUT2D eigenvalue weighted by Crippen LogP contribution is -2.34. The predicted molar refractivity (Wildman–Crippen MR) is 81.3 cm³/mol. The molecule has 0 spiro atoms. The van der Waals surface area contributed by atoms with E-state index in [1.54, 1.807) is 6.92 Å². The maximum Gasteiger partial charge on any atom is 0.323 e. The molecule has 4 nitrogen and oxygen atoms in total. The minimum atomic E-state index is -0.633.